The lowest BCUT2D eigenvalue weighted by atomic mass is 10.1. The number of nitrogens with one attached hydrogen (secondary N) is 1. The second kappa shape index (κ2) is 7.43. The highest BCUT2D eigenvalue weighted by Crippen LogP contribution is 2.29. The van der Waals surface area contributed by atoms with E-state index in [1.54, 1.807) is 36.4 Å². The molecule has 2 aromatic carbocycles. The summed E-state index contributed by atoms with van der Waals surface area (Å²) < 4.78 is 5.07. The van der Waals surface area contributed by atoms with E-state index in [2.05, 4.69) is 5.32 Å². The molecule has 0 bridgehead atoms. The van der Waals surface area contributed by atoms with Crippen LogP contribution in [-0.2, 0) is 19.1 Å². The minimum atomic E-state index is -1.21. The molecule has 0 saturated heterocycles. The maximum absolute atomic E-state index is 12.6. The lowest BCUT2D eigenvalue weighted by Crippen LogP contribution is -2.46. The number of amides is 4. The van der Waals surface area contributed by atoms with Gasteiger partial charge < -0.3 is 10.1 Å². The highest BCUT2D eigenvalue weighted by atomic mass is 16.5. The summed E-state index contributed by atoms with van der Waals surface area (Å²) in [5, 5.41) is 2.66. The number of fused-ring (bicyclic) bond motifs is 2. The van der Waals surface area contributed by atoms with Crippen molar-refractivity contribution in [3.05, 3.63) is 59.7 Å². The Morgan fingerprint density at radius 1 is 1.00 bits per heavy atom. The molecule has 4 amide bonds. The second-order valence-electron chi connectivity index (χ2n) is 6.85. The Morgan fingerprint density at radius 2 is 1.60 bits per heavy atom. The molecule has 2 aliphatic heterocycles. The fraction of sp³-hybridized carbons (Fsp3) is 0.190. The molecule has 152 valence electrons. The van der Waals surface area contributed by atoms with Crippen LogP contribution in [0.2, 0.25) is 0 Å². The first-order valence-electron chi connectivity index (χ1n) is 9.21. The number of hydrogen-bond acceptors (Lipinski definition) is 6. The van der Waals surface area contributed by atoms with Gasteiger partial charge in [-0.2, -0.15) is 0 Å². The molecule has 1 atom stereocenters. The number of anilines is 2. The number of rotatable bonds is 4. The third-order valence-corrected chi connectivity index (χ3v) is 4.96. The fourth-order valence-electron chi connectivity index (χ4n) is 3.45. The molecule has 0 aliphatic carbocycles. The molecule has 9 heteroatoms. The highest BCUT2D eigenvalue weighted by Gasteiger charge is 2.41. The minimum absolute atomic E-state index is 0.207. The first-order valence-corrected chi connectivity index (χ1v) is 9.21. The van der Waals surface area contributed by atoms with E-state index in [1.165, 1.54) is 24.0 Å². The van der Waals surface area contributed by atoms with Crippen molar-refractivity contribution in [3.63, 3.8) is 0 Å². The van der Waals surface area contributed by atoms with Gasteiger partial charge in [-0.05, 0) is 31.2 Å². The zero-order chi connectivity index (χ0) is 21.4. The number of benzene rings is 2. The molecule has 0 spiro atoms. The monoisotopic (exact) mass is 407 g/mol. The second-order valence-corrected chi connectivity index (χ2v) is 6.85. The van der Waals surface area contributed by atoms with E-state index < -0.39 is 36.3 Å². The summed E-state index contributed by atoms with van der Waals surface area (Å²) in [6.45, 7) is 0.521. The van der Waals surface area contributed by atoms with Crippen LogP contribution in [0.5, 0.6) is 0 Å². The molecule has 0 unspecified atom stereocenters. The summed E-state index contributed by atoms with van der Waals surface area (Å²) in [7, 11) is 0. The van der Waals surface area contributed by atoms with Gasteiger partial charge in [0, 0.05) is 0 Å². The Bertz CT molecular complexity index is 1060. The summed E-state index contributed by atoms with van der Waals surface area (Å²) >= 11 is 0. The Balaban J connectivity index is 1.43. The summed E-state index contributed by atoms with van der Waals surface area (Å²) in [5.41, 5.74) is 1.41. The molecule has 30 heavy (non-hydrogen) atoms. The van der Waals surface area contributed by atoms with E-state index in [1.807, 2.05) is 0 Å². The van der Waals surface area contributed by atoms with Crippen molar-refractivity contribution in [1.82, 2.24) is 4.90 Å². The van der Waals surface area contributed by atoms with E-state index >= 15 is 0 Å². The standard InChI is InChI=1S/C21H17N3O6/c1-12(24-19(27)13-6-2-3-7-14(13)20(24)28)21(29)30-11-18(26)23-10-17(25)22-15-8-4-5-9-16(15)23/h2-9,12H,10-11H2,1H3,(H,22,25)/t12-/m0/s1. The first-order chi connectivity index (χ1) is 14.4. The largest absolute Gasteiger partial charge is 0.454 e. The van der Waals surface area contributed by atoms with E-state index in [-0.39, 0.29) is 23.6 Å². The molecule has 1 N–H and O–H groups in total. The van der Waals surface area contributed by atoms with Crippen LogP contribution >= 0.6 is 0 Å². The summed E-state index contributed by atoms with van der Waals surface area (Å²) in [6, 6.07) is 11.8. The van der Waals surface area contributed by atoms with Gasteiger partial charge in [-0.3, -0.25) is 29.0 Å². The maximum Gasteiger partial charge on any atom is 0.329 e. The fourth-order valence-corrected chi connectivity index (χ4v) is 3.45. The van der Waals surface area contributed by atoms with Crippen LogP contribution in [0.25, 0.3) is 0 Å². The number of hydrogen-bond donors (Lipinski definition) is 1. The van der Waals surface area contributed by atoms with Crippen molar-refractivity contribution >= 4 is 41.0 Å². The molecular weight excluding hydrogens is 390 g/mol. The zero-order valence-electron chi connectivity index (χ0n) is 16.0. The Morgan fingerprint density at radius 3 is 2.27 bits per heavy atom. The van der Waals surface area contributed by atoms with Gasteiger partial charge in [0.25, 0.3) is 17.7 Å². The van der Waals surface area contributed by atoms with Gasteiger partial charge in [-0.25, -0.2) is 4.79 Å². The molecule has 2 aromatic rings. The summed E-state index contributed by atoms with van der Waals surface area (Å²) in [6.07, 6.45) is 0. The predicted octanol–water partition coefficient (Wildman–Crippen LogP) is 1.20. The van der Waals surface area contributed by atoms with Gasteiger partial charge in [0.1, 0.15) is 12.6 Å². The van der Waals surface area contributed by atoms with Crippen LogP contribution in [0.1, 0.15) is 27.6 Å². The van der Waals surface area contributed by atoms with Crippen molar-refractivity contribution in [2.75, 3.05) is 23.4 Å². The molecular formula is C21H17N3O6. The van der Waals surface area contributed by atoms with Crippen molar-refractivity contribution < 1.29 is 28.7 Å². The molecule has 0 fully saturated rings. The average Bonchev–Trinajstić information content (AvgIpc) is 3.01. The lowest BCUT2D eigenvalue weighted by Gasteiger charge is -2.29. The van der Waals surface area contributed by atoms with Crippen LogP contribution in [0.4, 0.5) is 11.4 Å². The van der Waals surface area contributed by atoms with Gasteiger partial charge in [-0.15, -0.1) is 0 Å². The Kier molecular flexibility index (Phi) is 4.78. The van der Waals surface area contributed by atoms with Crippen LogP contribution in [0.15, 0.2) is 48.5 Å². The van der Waals surface area contributed by atoms with Gasteiger partial charge in [-0.1, -0.05) is 24.3 Å². The van der Waals surface area contributed by atoms with Crippen LogP contribution < -0.4 is 10.2 Å². The van der Waals surface area contributed by atoms with E-state index in [4.69, 9.17) is 4.74 Å². The van der Waals surface area contributed by atoms with Gasteiger partial charge in [0.15, 0.2) is 6.61 Å². The van der Waals surface area contributed by atoms with Gasteiger partial charge in [0.05, 0.1) is 22.5 Å². The number of nitrogens with zero attached hydrogens (tertiary/aromatic N) is 2. The highest BCUT2D eigenvalue weighted by molar-refractivity contribution is 6.22. The third kappa shape index (κ3) is 3.20. The molecule has 2 aliphatic rings. The molecule has 2 heterocycles. The first kappa shape index (κ1) is 19.3. The van der Waals surface area contributed by atoms with Crippen molar-refractivity contribution in [3.8, 4) is 0 Å². The number of ether oxygens (including phenoxy) is 1. The molecule has 4 rings (SSSR count). The van der Waals surface area contributed by atoms with Crippen LogP contribution in [-0.4, -0.2) is 53.7 Å². The predicted molar refractivity (Wildman–Crippen MR) is 105 cm³/mol. The Hall–Kier alpha value is -4.01. The smallest absolute Gasteiger partial charge is 0.329 e. The number of carbonyl (C=O) groups is 5. The SMILES string of the molecule is C[C@@H](C(=O)OCC(=O)N1CC(=O)Nc2ccccc21)N1C(=O)c2ccccc2C1=O. The molecule has 9 nitrogen and oxygen atoms in total. The van der Waals surface area contributed by atoms with Crippen LogP contribution in [0.3, 0.4) is 0 Å². The average molecular weight is 407 g/mol. The van der Waals surface area contributed by atoms with Crippen LogP contribution in [0, 0.1) is 0 Å². The number of imide groups is 1. The van der Waals surface area contributed by atoms with Gasteiger partial charge >= 0.3 is 5.97 Å². The molecule has 0 radical (unpaired) electrons. The van der Waals surface area contributed by atoms with E-state index in [0.717, 1.165) is 4.90 Å². The quantitative estimate of drug-likeness (QED) is 0.602. The normalized spacial score (nSPS) is 16.0. The molecule has 0 saturated carbocycles. The maximum atomic E-state index is 12.6. The zero-order valence-corrected chi connectivity index (χ0v) is 16.0. The number of carbonyl (C=O) groups excluding carboxylic acids is 5. The van der Waals surface area contributed by atoms with E-state index in [0.29, 0.717) is 11.4 Å². The van der Waals surface area contributed by atoms with E-state index in [9.17, 15) is 24.0 Å². The minimum Gasteiger partial charge on any atom is -0.454 e. The van der Waals surface area contributed by atoms with Crippen molar-refractivity contribution in [2.45, 2.75) is 13.0 Å². The number of para-hydroxylation sites is 2. The third-order valence-electron chi connectivity index (χ3n) is 4.96. The molecule has 0 aromatic heterocycles. The summed E-state index contributed by atoms with van der Waals surface area (Å²) in [5.74, 6) is -3.04. The topological polar surface area (TPSA) is 113 Å². The van der Waals surface area contributed by atoms with Gasteiger partial charge in [0.2, 0.25) is 5.91 Å². The van der Waals surface area contributed by atoms with Crippen molar-refractivity contribution in [1.29, 1.82) is 0 Å². The Labute approximate surface area is 171 Å². The number of esters is 1. The lowest BCUT2D eigenvalue weighted by molar-refractivity contribution is -0.151. The van der Waals surface area contributed by atoms with Crippen molar-refractivity contribution in [2.24, 2.45) is 0 Å². The summed E-state index contributed by atoms with van der Waals surface area (Å²) in [4.78, 5) is 63.9.